The maximum absolute atomic E-state index is 9.19. The second-order valence-electron chi connectivity index (χ2n) is 6.30. The minimum atomic E-state index is -3.67. The van der Waals surface area contributed by atoms with Crippen LogP contribution in [0.1, 0.15) is 17.5 Å². The summed E-state index contributed by atoms with van der Waals surface area (Å²) < 4.78 is 27.1. The first-order valence-corrected chi connectivity index (χ1v) is 11.9. The van der Waals surface area contributed by atoms with Crippen LogP contribution in [-0.2, 0) is 10.1 Å². The molecule has 1 heterocycles. The molecule has 0 radical (unpaired) electrons. The fourth-order valence-corrected chi connectivity index (χ4v) is 4.40. The molecule has 0 saturated carbocycles. The van der Waals surface area contributed by atoms with Crippen LogP contribution in [0.4, 0.5) is 0 Å². The van der Waals surface area contributed by atoms with E-state index in [1.807, 2.05) is 17.8 Å². The zero-order chi connectivity index (χ0) is 20.2. The molecule has 0 saturated heterocycles. The van der Waals surface area contributed by atoms with Gasteiger partial charge in [0.05, 0.1) is 6.26 Å². The highest BCUT2D eigenvalue weighted by Crippen LogP contribution is 2.48. The Labute approximate surface area is 178 Å². The van der Waals surface area contributed by atoms with Crippen molar-refractivity contribution in [3.63, 3.8) is 0 Å². The monoisotopic (exact) mass is 489 g/mol. The Hall–Kier alpha value is -0.830. The molecule has 0 unspecified atom stereocenters. The molecular formula is C19H21BrClNO3S2. The molecule has 0 bridgehead atoms. The summed E-state index contributed by atoms with van der Waals surface area (Å²) in [5.74, 6) is 0. The number of benzene rings is 2. The van der Waals surface area contributed by atoms with Gasteiger partial charge in [-0.1, -0.05) is 57.5 Å². The minimum Gasteiger partial charge on any atom is -0.309 e. The highest BCUT2D eigenvalue weighted by Gasteiger charge is 2.23. The predicted octanol–water partition coefficient (Wildman–Crippen LogP) is 5.41. The second kappa shape index (κ2) is 9.58. The van der Waals surface area contributed by atoms with E-state index in [4.69, 9.17) is 16.2 Å². The van der Waals surface area contributed by atoms with Crippen LogP contribution < -0.4 is 0 Å². The Morgan fingerprint density at radius 3 is 2.37 bits per heavy atom. The summed E-state index contributed by atoms with van der Waals surface area (Å²) in [4.78, 5) is 4.76. The highest BCUT2D eigenvalue weighted by atomic mass is 79.9. The van der Waals surface area contributed by atoms with E-state index in [9.17, 15) is 8.42 Å². The van der Waals surface area contributed by atoms with Gasteiger partial charge in [-0.3, -0.25) is 4.55 Å². The third-order valence-electron chi connectivity index (χ3n) is 3.64. The van der Waals surface area contributed by atoms with Gasteiger partial charge in [0.25, 0.3) is 10.1 Å². The van der Waals surface area contributed by atoms with Gasteiger partial charge in [-0.05, 0) is 55.9 Å². The molecule has 8 heteroatoms. The molecule has 1 aliphatic rings. The first-order chi connectivity index (χ1) is 12.6. The van der Waals surface area contributed by atoms with Crippen LogP contribution in [0.2, 0.25) is 5.02 Å². The molecule has 0 fully saturated rings. The number of hydrogen-bond acceptors (Lipinski definition) is 4. The van der Waals surface area contributed by atoms with Crippen molar-refractivity contribution in [2.24, 2.45) is 0 Å². The Bertz CT molecular complexity index is 951. The van der Waals surface area contributed by atoms with Crippen molar-refractivity contribution >= 4 is 55.0 Å². The Kier molecular flexibility index (Phi) is 7.97. The van der Waals surface area contributed by atoms with Gasteiger partial charge in [-0.25, -0.2) is 0 Å². The zero-order valence-corrected chi connectivity index (χ0v) is 19.2. The number of nitrogens with zero attached hydrogens (tertiary/aromatic N) is 1. The van der Waals surface area contributed by atoms with Crippen LogP contribution >= 0.6 is 39.3 Å². The molecule has 2 aromatic rings. The molecule has 2 aromatic carbocycles. The highest BCUT2D eigenvalue weighted by molar-refractivity contribution is 9.11. The third-order valence-corrected chi connectivity index (χ3v) is 5.82. The van der Waals surface area contributed by atoms with Crippen molar-refractivity contribution in [1.29, 1.82) is 0 Å². The fraction of sp³-hybridized carbons (Fsp3) is 0.263. The molecule has 27 heavy (non-hydrogen) atoms. The van der Waals surface area contributed by atoms with E-state index in [1.54, 1.807) is 0 Å². The molecule has 1 aliphatic heterocycles. The Balaban J connectivity index is 0.000000465. The van der Waals surface area contributed by atoms with E-state index >= 15 is 0 Å². The third kappa shape index (κ3) is 6.93. The molecule has 3 rings (SSSR count). The van der Waals surface area contributed by atoms with Gasteiger partial charge in [-0.15, -0.1) is 0 Å². The van der Waals surface area contributed by atoms with Crippen LogP contribution in [0.5, 0.6) is 0 Å². The molecular weight excluding hydrogens is 470 g/mol. The van der Waals surface area contributed by atoms with Crippen LogP contribution in [0, 0.1) is 0 Å². The lowest BCUT2D eigenvalue weighted by atomic mass is 9.96. The van der Waals surface area contributed by atoms with Crippen molar-refractivity contribution in [2.45, 2.75) is 16.2 Å². The van der Waals surface area contributed by atoms with Gasteiger partial charge < -0.3 is 4.90 Å². The Morgan fingerprint density at radius 1 is 1.15 bits per heavy atom. The van der Waals surface area contributed by atoms with Crippen molar-refractivity contribution in [1.82, 2.24) is 4.90 Å². The lowest BCUT2D eigenvalue weighted by Crippen LogP contribution is -2.13. The molecule has 0 spiro atoms. The molecule has 1 N–H and O–H groups in total. The smallest absolute Gasteiger partial charge is 0.261 e. The van der Waals surface area contributed by atoms with Gasteiger partial charge in [0.15, 0.2) is 0 Å². The molecule has 146 valence electrons. The number of fused-ring (bicyclic) bond motifs is 2. The first-order valence-electron chi connectivity index (χ1n) is 8.09. The molecule has 0 amide bonds. The Morgan fingerprint density at radius 2 is 1.74 bits per heavy atom. The zero-order valence-electron chi connectivity index (χ0n) is 15.2. The maximum Gasteiger partial charge on any atom is 0.261 e. The average Bonchev–Trinajstić information content (AvgIpc) is 2.56. The van der Waals surface area contributed by atoms with Gasteiger partial charge in [0, 0.05) is 31.4 Å². The summed E-state index contributed by atoms with van der Waals surface area (Å²) in [5, 5.41) is 0.782. The average molecular weight is 491 g/mol. The summed E-state index contributed by atoms with van der Waals surface area (Å²) in [7, 11) is 0.529. The number of halogens is 2. The number of rotatable bonds is 3. The van der Waals surface area contributed by atoms with Crippen molar-refractivity contribution in [3.05, 3.63) is 63.1 Å². The summed E-state index contributed by atoms with van der Waals surface area (Å²) >= 11 is 11.9. The fourth-order valence-electron chi connectivity index (χ4n) is 2.55. The van der Waals surface area contributed by atoms with Crippen molar-refractivity contribution < 1.29 is 13.0 Å². The minimum absolute atomic E-state index is 0.715. The molecule has 0 aliphatic carbocycles. The lowest BCUT2D eigenvalue weighted by molar-refractivity contribution is 0.416. The van der Waals surface area contributed by atoms with E-state index in [1.165, 1.54) is 31.0 Å². The summed E-state index contributed by atoms with van der Waals surface area (Å²) in [6, 6.07) is 14.7. The van der Waals surface area contributed by atoms with E-state index in [2.05, 4.69) is 71.3 Å². The van der Waals surface area contributed by atoms with Gasteiger partial charge in [0.1, 0.15) is 0 Å². The van der Waals surface area contributed by atoms with Crippen LogP contribution in [0.25, 0.3) is 5.57 Å². The van der Waals surface area contributed by atoms with E-state index in [-0.39, 0.29) is 0 Å². The largest absolute Gasteiger partial charge is 0.309 e. The topological polar surface area (TPSA) is 57.6 Å². The maximum atomic E-state index is 9.19. The molecule has 0 atom stereocenters. The second-order valence-corrected chi connectivity index (χ2v) is 10.2. The summed E-state index contributed by atoms with van der Waals surface area (Å²) in [6.45, 7) is 1.01. The van der Waals surface area contributed by atoms with E-state index in [0.717, 1.165) is 18.0 Å². The predicted molar refractivity (Wildman–Crippen MR) is 118 cm³/mol. The van der Waals surface area contributed by atoms with Crippen LogP contribution in [-0.4, -0.2) is 44.8 Å². The summed E-state index contributed by atoms with van der Waals surface area (Å²) in [6.07, 6.45) is 1.69. The van der Waals surface area contributed by atoms with Crippen molar-refractivity contribution in [3.8, 4) is 0 Å². The van der Waals surface area contributed by atoms with Gasteiger partial charge in [-0.2, -0.15) is 8.42 Å². The molecule has 0 aromatic heterocycles. The lowest BCUT2D eigenvalue weighted by Gasteiger charge is -2.24. The van der Waals surface area contributed by atoms with E-state index < -0.39 is 10.1 Å². The van der Waals surface area contributed by atoms with Gasteiger partial charge in [0.2, 0.25) is 0 Å². The van der Waals surface area contributed by atoms with E-state index in [0.29, 0.717) is 6.26 Å². The SMILES string of the molecule is CN(C)CC/C(Br)=C1\c2ccccc2Sc2ccc(Cl)cc21.CS(=O)(=O)O. The normalized spacial score (nSPS) is 14.8. The summed E-state index contributed by atoms with van der Waals surface area (Å²) in [5.41, 5.74) is 3.78. The molecule has 4 nitrogen and oxygen atoms in total. The first kappa shape index (κ1) is 22.5. The quantitative estimate of drug-likeness (QED) is 0.497. The van der Waals surface area contributed by atoms with Crippen molar-refractivity contribution in [2.75, 3.05) is 26.9 Å². The standard InChI is InChI=1S/C18H17BrClNS.CH4O3S/c1-21(2)10-9-15(19)18-13-5-3-4-6-16(13)22-17-8-7-12(20)11-14(17)18;1-5(2,3)4/h3-8,11H,9-10H2,1-2H3;1H3,(H,2,3,4)/b18-15-;. The van der Waals surface area contributed by atoms with Crippen LogP contribution in [0.3, 0.4) is 0 Å². The van der Waals surface area contributed by atoms with Crippen LogP contribution in [0.15, 0.2) is 56.7 Å². The van der Waals surface area contributed by atoms with Gasteiger partial charge >= 0.3 is 0 Å². The number of hydrogen-bond donors (Lipinski definition) is 1.